The molecule has 0 spiro atoms. The Bertz CT molecular complexity index is 1250. The molecule has 3 N–H and O–H groups in total. The molecule has 0 saturated heterocycles. The summed E-state index contributed by atoms with van der Waals surface area (Å²) >= 11 is 6.12. The molecule has 32 heavy (non-hydrogen) atoms. The van der Waals surface area contributed by atoms with Crippen molar-refractivity contribution in [2.24, 2.45) is 5.73 Å². The summed E-state index contributed by atoms with van der Waals surface area (Å²) in [6.45, 7) is 0.166. The Morgan fingerprint density at radius 1 is 1.09 bits per heavy atom. The second-order valence-electron chi connectivity index (χ2n) is 8.07. The van der Waals surface area contributed by atoms with E-state index in [2.05, 4.69) is 0 Å². The van der Waals surface area contributed by atoms with E-state index in [-0.39, 0.29) is 24.8 Å². The Labute approximate surface area is 189 Å². The molecule has 166 valence electrons. The lowest BCUT2D eigenvalue weighted by Gasteiger charge is -2.33. The van der Waals surface area contributed by atoms with Gasteiger partial charge in [0.2, 0.25) is 0 Å². The standard InChI is InChI=1S/C24H23ClN2O5/c25-16-9-10-18-17(13-16)20(28)19(21(29)27(18)14-15-7-3-1-4-8-15)22(30)32-24(23(26)31)11-5-2-6-12-24/h1,3-4,7-10,13,28H,2,5-6,11-12,14H2,(H2,26,31). The monoisotopic (exact) mass is 454 g/mol. The molecular weight excluding hydrogens is 432 g/mol. The zero-order valence-corrected chi connectivity index (χ0v) is 18.1. The van der Waals surface area contributed by atoms with Crippen molar-refractivity contribution in [1.82, 2.24) is 4.57 Å². The minimum atomic E-state index is -1.48. The van der Waals surface area contributed by atoms with E-state index < -0.39 is 34.3 Å². The van der Waals surface area contributed by atoms with Crippen molar-refractivity contribution in [3.05, 3.63) is 75.0 Å². The summed E-state index contributed by atoms with van der Waals surface area (Å²) in [5, 5.41) is 11.4. The second-order valence-corrected chi connectivity index (χ2v) is 8.51. The Morgan fingerprint density at radius 3 is 2.44 bits per heavy atom. The summed E-state index contributed by atoms with van der Waals surface area (Å²) in [5.41, 5.74) is 4.07. The molecule has 0 aliphatic heterocycles. The number of benzene rings is 2. The van der Waals surface area contributed by atoms with Crippen LogP contribution in [0.15, 0.2) is 53.3 Å². The van der Waals surface area contributed by atoms with Crippen LogP contribution >= 0.6 is 11.6 Å². The van der Waals surface area contributed by atoms with Crippen LogP contribution in [0.25, 0.3) is 10.9 Å². The molecule has 1 aliphatic rings. The van der Waals surface area contributed by atoms with E-state index in [0.717, 1.165) is 12.0 Å². The van der Waals surface area contributed by atoms with Crippen LogP contribution < -0.4 is 11.3 Å². The van der Waals surface area contributed by atoms with Crippen LogP contribution in [0.3, 0.4) is 0 Å². The van der Waals surface area contributed by atoms with Gasteiger partial charge in [-0.1, -0.05) is 48.4 Å². The number of nitrogens with two attached hydrogens (primary N) is 1. The number of ether oxygens (including phenoxy) is 1. The van der Waals surface area contributed by atoms with Gasteiger partial charge in [-0.3, -0.25) is 9.59 Å². The zero-order valence-electron chi connectivity index (χ0n) is 17.3. The fraction of sp³-hybridized carbons (Fsp3) is 0.292. The lowest BCUT2D eigenvalue weighted by Crippen LogP contribution is -2.49. The van der Waals surface area contributed by atoms with Gasteiger partial charge in [0, 0.05) is 10.4 Å². The van der Waals surface area contributed by atoms with Crippen molar-refractivity contribution >= 4 is 34.4 Å². The fourth-order valence-corrected chi connectivity index (χ4v) is 4.44. The van der Waals surface area contributed by atoms with E-state index in [4.69, 9.17) is 22.1 Å². The van der Waals surface area contributed by atoms with Crippen LogP contribution in [-0.2, 0) is 16.1 Å². The topological polar surface area (TPSA) is 112 Å². The van der Waals surface area contributed by atoms with Crippen LogP contribution in [0.1, 0.15) is 48.0 Å². The number of carbonyl (C=O) groups excluding carboxylic acids is 2. The van der Waals surface area contributed by atoms with Gasteiger partial charge in [0.05, 0.1) is 12.1 Å². The Balaban J connectivity index is 1.86. The highest BCUT2D eigenvalue weighted by Gasteiger charge is 2.43. The SMILES string of the molecule is NC(=O)C1(OC(=O)c2c(O)c3cc(Cl)ccc3n(Cc3ccccc3)c2=O)CCCCC1. The minimum Gasteiger partial charge on any atom is -0.506 e. The molecule has 0 radical (unpaired) electrons. The quantitative estimate of drug-likeness (QED) is 0.570. The number of halogens is 1. The molecule has 3 aromatic rings. The molecule has 1 saturated carbocycles. The summed E-state index contributed by atoms with van der Waals surface area (Å²) in [5.74, 6) is -2.35. The van der Waals surface area contributed by atoms with Crippen LogP contribution in [-0.4, -0.2) is 27.2 Å². The number of esters is 1. The third-order valence-electron chi connectivity index (χ3n) is 5.99. The number of amides is 1. The molecule has 1 aliphatic carbocycles. The van der Waals surface area contributed by atoms with Crippen LogP contribution in [0, 0.1) is 0 Å². The largest absolute Gasteiger partial charge is 0.506 e. The zero-order chi connectivity index (χ0) is 22.9. The highest BCUT2D eigenvalue weighted by atomic mass is 35.5. The first-order valence-electron chi connectivity index (χ1n) is 10.4. The number of aromatic hydroxyl groups is 1. The number of fused-ring (bicyclic) bond motifs is 1. The smallest absolute Gasteiger partial charge is 0.348 e. The van der Waals surface area contributed by atoms with Gasteiger partial charge < -0.3 is 20.1 Å². The van der Waals surface area contributed by atoms with Crippen LogP contribution in [0.2, 0.25) is 5.02 Å². The van der Waals surface area contributed by atoms with Gasteiger partial charge in [-0.15, -0.1) is 0 Å². The summed E-state index contributed by atoms with van der Waals surface area (Å²) < 4.78 is 6.94. The maximum Gasteiger partial charge on any atom is 0.348 e. The number of hydrogen-bond donors (Lipinski definition) is 2. The molecule has 4 rings (SSSR count). The maximum absolute atomic E-state index is 13.4. The molecule has 8 heteroatoms. The van der Waals surface area contributed by atoms with E-state index in [9.17, 15) is 19.5 Å². The van der Waals surface area contributed by atoms with Crippen LogP contribution in [0.5, 0.6) is 5.75 Å². The van der Waals surface area contributed by atoms with Crippen molar-refractivity contribution in [1.29, 1.82) is 0 Å². The van der Waals surface area contributed by atoms with E-state index in [1.54, 1.807) is 12.1 Å². The molecule has 1 fully saturated rings. The van der Waals surface area contributed by atoms with Crippen molar-refractivity contribution in [3.8, 4) is 5.75 Å². The van der Waals surface area contributed by atoms with Crippen molar-refractivity contribution < 1.29 is 19.4 Å². The van der Waals surface area contributed by atoms with E-state index in [1.807, 2.05) is 30.3 Å². The molecule has 0 atom stereocenters. The van der Waals surface area contributed by atoms with Gasteiger partial charge in [0.25, 0.3) is 11.5 Å². The highest BCUT2D eigenvalue weighted by molar-refractivity contribution is 6.31. The normalized spacial score (nSPS) is 15.4. The molecule has 2 aromatic carbocycles. The summed E-state index contributed by atoms with van der Waals surface area (Å²) in [6.07, 6.45) is 2.82. The average Bonchev–Trinajstić information content (AvgIpc) is 2.78. The van der Waals surface area contributed by atoms with Crippen molar-refractivity contribution in [2.75, 3.05) is 0 Å². The molecule has 1 aromatic heterocycles. The number of carbonyl (C=O) groups is 2. The maximum atomic E-state index is 13.4. The summed E-state index contributed by atoms with van der Waals surface area (Å²) in [4.78, 5) is 38.7. The van der Waals surface area contributed by atoms with Gasteiger partial charge >= 0.3 is 5.97 Å². The molecule has 0 unspecified atom stereocenters. The predicted octanol–water partition coefficient (Wildman–Crippen LogP) is 3.75. The number of primary amides is 1. The first-order valence-corrected chi connectivity index (χ1v) is 10.8. The second kappa shape index (κ2) is 8.67. The predicted molar refractivity (Wildman–Crippen MR) is 121 cm³/mol. The fourth-order valence-electron chi connectivity index (χ4n) is 4.27. The van der Waals surface area contributed by atoms with Gasteiger partial charge in [-0.2, -0.15) is 0 Å². The number of aromatic nitrogens is 1. The Kier molecular flexibility index (Phi) is 5.93. The molecule has 1 amide bonds. The number of pyridine rings is 1. The van der Waals surface area contributed by atoms with Crippen LogP contribution in [0.4, 0.5) is 0 Å². The lowest BCUT2D eigenvalue weighted by molar-refractivity contribution is -0.140. The first kappa shape index (κ1) is 21.9. The highest BCUT2D eigenvalue weighted by Crippen LogP contribution is 2.34. The number of nitrogens with zero attached hydrogens (tertiary/aromatic N) is 1. The molecule has 0 bridgehead atoms. The van der Waals surface area contributed by atoms with Gasteiger partial charge in [0.15, 0.2) is 11.2 Å². The van der Waals surface area contributed by atoms with Gasteiger partial charge in [0.1, 0.15) is 5.75 Å². The van der Waals surface area contributed by atoms with Gasteiger partial charge in [-0.05, 0) is 49.4 Å². The van der Waals surface area contributed by atoms with Crippen molar-refractivity contribution in [2.45, 2.75) is 44.2 Å². The third kappa shape index (κ3) is 3.96. The Hall–Kier alpha value is -3.32. The number of hydrogen-bond acceptors (Lipinski definition) is 5. The minimum absolute atomic E-state index is 0.166. The van der Waals surface area contributed by atoms with E-state index >= 15 is 0 Å². The lowest BCUT2D eigenvalue weighted by atomic mass is 9.84. The van der Waals surface area contributed by atoms with Crippen molar-refractivity contribution in [3.63, 3.8) is 0 Å². The first-order chi connectivity index (χ1) is 15.3. The van der Waals surface area contributed by atoms with E-state index in [1.165, 1.54) is 10.6 Å². The summed E-state index contributed by atoms with van der Waals surface area (Å²) in [6, 6.07) is 13.9. The molecular formula is C24H23ClN2O5. The number of rotatable bonds is 5. The molecule has 7 nitrogen and oxygen atoms in total. The summed E-state index contributed by atoms with van der Waals surface area (Å²) in [7, 11) is 0. The van der Waals surface area contributed by atoms with Gasteiger partial charge in [-0.25, -0.2) is 4.79 Å². The molecule has 1 heterocycles. The third-order valence-corrected chi connectivity index (χ3v) is 6.22. The average molecular weight is 455 g/mol. The van der Waals surface area contributed by atoms with E-state index in [0.29, 0.717) is 23.4 Å². The Morgan fingerprint density at radius 2 is 1.78 bits per heavy atom.